The zero-order valence-corrected chi connectivity index (χ0v) is 17.8. The van der Waals surface area contributed by atoms with Gasteiger partial charge in [0.25, 0.3) is 0 Å². The van der Waals surface area contributed by atoms with Crippen LogP contribution in [0.25, 0.3) is 17.8 Å². The van der Waals surface area contributed by atoms with Gasteiger partial charge >= 0.3 is 5.69 Å². The first kappa shape index (κ1) is 21.6. The Labute approximate surface area is 180 Å². The van der Waals surface area contributed by atoms with E-state index < -0.39 is 11.3 Å². The topological polar surface area (TPSA) is 73.6 Å². The van der Waals surface area contributed by atoms with E-state index in [9.17, 15) is 9.90 Å². The fraction of sp³-hybridized carbons (Fsp3) is 0.217. The quantitative estimate of drug-likeness (QED) is 0.612. The number of ether oxygens (including phenoxy) is 2. The predicted octanol–water partition coefficient (Wildman–Crippen LogP) is 4.21. The van der Waals surface area contributed by atoms with E-state index in [4.69, 9.17) is 21.1 Å². The van der Waals surface area contributed by atoms with Gasteiger partial charge in [-0.05, 0) is 55.8 Å². The average Bonchev–Trinajstić information content (AvgIpc) is 2.71. The lowest BCUT2D eigenvalue weighted by molar-refractivity contribution is 0.0276. The number of methoxy groups -OCH3 is 1. The molecule has 0 fully saturated rings. The maximum atomic E-state index is 12.5. The molecule has 3 rings (SSSR count). The van der Waals surface area contributed by atoms with Crippen LogP contribution >= 0.6 is 11.6 Å². The summed E-state index contributed by atoms with van der Waals surface area (Å²) >= 11 is 5.89. The highest BCUT2D eigenvalue weighted by molar-refractivity contribution is 6.30. The number of rotatable bonds is 7. The van der Waals surface area contributed by atoms with Crippen molar-refractivity contribution < 1.29 is 14.6 Å². The molecule has 0 aliphatic carbocycles. The van der Waals surface area contributed by atoms with Crippen LogP contribution in [-0.4, -0.2) is 34.0 Å². The van der Waals surface area contributed by atoms with Crippen molar-refractivity contribution in [2.45, 2.75) is 19.4 Å². The minimum atomic E-state index is -0.972. The van der Waals surface area contributed by atoms with E-state index in [1.54, 1.807) is 62.5 Å². The summed E-state index contributed by atoms with van der Waals surface area (Å²) in [6.45, 7) is 3.42. The number of hydrogen-bond acceptors (Lipinski definition) is 5. The maximum absolute atomic E-state index is 12.5. The summed E-state index contributed by atoms with van der Waals surface area (Å²) in [4.78, 5) is 16.7. The molecule has 2 aromatic carbocycles. The van der Waals surface area contributed by atoms with Gasteiger partial charge in [-0.2, -0.15) is 4.98 Å². The van der Waals surface area contributed by atoms with Gasteiger partial charge in [0.05, 0.1) is 24.1 Å². The monoisotopic (exact) mass is 426 g/mol. The third-order valence-electron chi connectivity index (χ3n) is 4.15. The Morgan fingerprint density at radius 2 is 1.83 bits per heavy atom. The molecule has 156 valence electrons. The third-order valence-corrected chi connectivity index (χ3v) is 4.40. The number of hydrogen-bond donors (Lipinski definition) is 1. The molecule has 1 aromatic heterocycles. The van der Waals surface area contributed by atoms with E-state index in [1.807, 2.05) is 18.2 Å². The SMILES string of the molecule is COc1cc(-n2ccc(C=Cc3ccc(Cl)cc3)nc2=O)ccc1OCC(C)(C)O. The summed E-state index contributed by atoms with van der Waals surface area (Å²) in [5, 5.41) is 10.5. The van der Waals surface area contributed by atoms with E-state index in [2.05, 4.69) is 4.98 Å². The molecule has 1 N–H and O–H groups in total. The minimum absolute atomic E-state index is 0.110. The van der Waals surface area contributed by atoms with Gasteiger partial charge in [0.15, 0.2) is 11.5 Å². The van der Waals surface area contributed by atoms with Crippen LogP contribution in [0.2, 0.25) is 5.02 Å². The van der Waals surface area contributed by atoms with Crippen molar-refractivity contribution in [3.8, 4) is 17.2 Å². The second-order valence-corrected chi connectivity index (χ2v) is 7.76. The van der Waals surface area contributed by atoms with E-state index in [0.717, 1.165) is 5.56 Å². The summed E-state index contributed by atoms with van der Waals surface area (Å²) in [6, 6.07) is 14.2. The van der Waals surface area contributed by atoms with E-state index >= 15 is 0 Å². The van der Waals surface area contributed by atoms with Crippen LogP contribution in [0.15, 0.2) is 59.5 Å². The van der Waals surface area contributed by atoms with Crippen LogP contribution in [0.1, 0.15) is 25.1 Å². The first-order chi connectivity index (χ1) is 14.2. The lowest BCUT2D eigenvalue weighted by Crippen LogP contribution is -2.28. The van der Waals surface area contributed by atoms with Crippen molar-refractivity contribution in [1.29, 1.82) is 0 Å². The van der Waals surface area contributed by atoms with Crippen molar-refractivity contribution in [3.05, 3.63) is 81.5 Å². The van der Waals surface area contributed by atoms with Crippen LogP contribution in [0, 0.1) is 0 Å². The van der Waals surface area contributed by atoms with Crippen LogP contribution in [0.4, 0.5) is 0 Å². The Hall–Kier alpha value is -3.09. The van der Waals surface area contributed by atoms with Gasteiger partial charge in [-0.3, -0.25) is 4.57 Å². The van der Waals surface area contributed by atoms with Crippen LogP contribution in [-0.2, 0) is 0 Å². The lowest BCUT2D eigenvalue weighted by Gasteiger charge is -2.19. The van der Waals surface area contributed by atoms with Crippen LogP contribution in [0.3, 0.4) is 0 Å². The van der Waals surface area contributed by atoms with Crippen molar-refractivity contribution >= 4 is 23.8 Å². The van der Waals surface area contributed by atoms with Crippen molar-refractivity contribution in [2.75, 3.05) is 13.7 Å². The molecule has 0 aliphatic heterocycles. The molecule has 0 unspecified atom stereocenters. The number of halogens is 1. The molecule has 3 aromatic rings. The molecule has 0 saturated heterocycles. The van der Waals surface area contributed by atoms with Gasteiger partial charge in [0.2, 0.25) is 0 Å². The zero-order valence-electron chi connectivity index (χ0n) is 17.0. The molecular weight excluding hydrogens is 404 g/mol. The molecule has 0 atom stereocenters. The maximum Gasteiger partial charge on any atom is 0.352 e. The number of aliphatic hydroxyl groups is 1. The van der Waals surface area contributed by atoms with Gasteiger partial charge in [-0.25, -0.2) is 4.79 Å². The standard InChI is InChI=1S/C23H23ClN2O4/c1-23(2,28)15-30-20-11-10-19(14-21(20)29-3)26-13-12-18(25-22(26)27)9-6-16-4-7-17(24)8-5-16/h4-14,28H,15H2,1-3H3. The molecule has 0 aliphatic rings. The van der Waals surface area contributed by atoms with Gasteiger partial charge in [0, 0.05) is 17.3 Å². The molecule has 0 spiro atoms. The van der Waals surface area contributed by atoms with E-state index in [0.29, 0.717) is 27.9 Å². The Balaban J connectivity index is 1.82. The molecule has 0 bridgehead atoms. The van der Waals surface area contributed by atoms with Crippen LogP contribution in [0.5, 0.6) is 11.5 Å². The van der Waals surface area contributed by atoms with Gasteiger partial charge in [-0.15, -0.1) is 0 Å². The van der Waals surface area contributed by atoms with Gasteiger partial charge < -0.3 is 14.6 Å². The summed E-state index contributed by atoms with van der Waals surface area (Å²) < 4.78 is 12.4. The molecule has 6 nitrogen and oxygen atoms in total. The van der Waals surface area contributed by atoms with Crippen molar-refractivity contribution in [3.63, 3.8) is 0 Å². The first-order valence-electron chi connectivity index (χ1n) is 9.32. The van der Waals surface area contributed by atoms with Gasteiger partial charge in [0.1, 0.15) is 6.61 Å². The average molecular weight is 427 g/mol. The number of benzene rings is 2. The highest BCUT2D eigenvalue weighted by Gasteiger charge is 2.16. The molecule has 30 heavy (non-hydrogen) atoms. The Morgan fingerprint density at radius 3 is 2.47 bits per heavy atom. The summed E-state index contributed by atoms with van der Waals surface area (Å²) in [7, 11) is 1.52. The molecule has 7 heteroatoms. The molecule has 0 amide bonds. The zero-order chi connectivity index (χ0) is 21.7. The number of nitrogens with zero attached hydrogens (tertiary/aromatic N) is 2. The number of aromatic nitrogens is 2. The van der Waals surface area contributed by atoms with Crippen LogP contribution < -0.4 is 15.2 Å². The van der Waals surface area contributed by atoms with E-state index in [-0.39, 0.29) is 6.61 Å². The summed E-state index contributed by atoms with van der Waals surface area (Å²) in [5.41, 5.74) is 0.702. The Bertz CT molecular complexity index is 1100. The fourth-order valence-corrected chi connectivity index (χ4v) is 2.77. The minimum Gasteiger partial charge on any atom is -0.493 e. The largest absolute Gasteiger partial charge is 0.493 e. The van der Waals surface area contributed by atoms with Gasteiger partial charge in [-0.1, -0.05) is 29.8 Å². The fourth-order valence-electron chi connectivity index (χ4n) is 2.64. The van der Waals surface area contributed by atoms with Crippen molar-refractivity contribution in [2.24, 2.45) is 0 Å². The normalized spacial score (nSPS) is 11.6. The van der Waals surface area contributed by atoms with E-state index in [1.165, 1.54) is 11.7 Å². The molecule has 1 heterocycles. The molecular formula is C23H23ClN2O4. The second kappa shape index (κ2) is 9.15. The Kier molecular flexibility index (Phi) is 6.59. The predicted molar refractivity (Wildman–Crippen MR) is 119 cm³/mol. The second-order valence-electron chi connectivity index (χ2n) is 7.33. The highest BCUT2D eigenvalue weighted by atomic mass is 35.5. The summed E-state index contributed by atoms with van der Waals surface area (Å²) in [6.07, 6.45) is 5.28. The molecule has 0 radical (unpaired) electrons. The Morgan fingerprint density at radius 1 is 1.10 bits per heavy atom. The third kappa shape index (κ3) is 5.72. The highest BCUT2D eigenvalue weighted by Crippen LogP contribution is 2.29. The lowest BCUT2D eigenvalue weighted by atomic mass is 10.2. The summed E-state index contributed by atoms with van der Waals surface area (Å²) in [5.74, 6) is 0.933. The smallest absolute Gasteiger partial charge is 0.352 e. The van der Waals surface area contributed by atoms with Crippen molar-refractivity contribution in [1.82, 2.24) is 9.55 Å². The first-order valence-corrected chi connectivity index (χ1v) is 9.70. The molecule has 0 saturated carbocycles.